The fraction of sp³-hybridized carbons (Fsp3) is 0.421. The second-order valence-electron chi connectivity index (χ2n) is 7.33. The lowest BCUT2D eigenvalue weighted by Crippen LogP contribution is -2.44. The van der Waals surface area contributed by atoms with Crippen LogP contribution >= 0.6 is 0 Å². The smallest absolute Gasteiger partial charge is 0.225 e. The highest BCUT2D eigenvalue weighted by Gasteiger charge is 2.31. The quantitative estimate of drug-likeness (QED) is 0.923. The van der Waals surface area contributed by atoms with Crippen molar-refractivity contribution in [2.75, 3.05) is 18.0 Å². The summed E-state index contributed by atoms with van der Waals surface area (Å²) in [5, 5.41) is 13.3. The molecule has 5 heteroatoms. The summed E-state index contributed by atoms with van der Waals surface area (Å²) < 4.78 is 0. The molecule has 2 heterocycles. The number of nitrogens with zero attached hydrogens (tertiary/aromatic N) is 3. The Morgan fingerprint density at radius 2 is 2.12 bits per heavy atom. The van der Waals surface area contributed by atoms with Crippen molar-refractivity contribution in [3.05, 3.63) is 35.9 Å². The summed E-state index contributed by atoms with van der Waals surface area (Å²) >= 11 is 0. The summed E-state index contributed by atoms with van der Waals surface area (Å²) in [6, 6.07) is 11.7. The first-order valence-corrected chi connectivity index (χ1v) is 8.24. The Morgan fingerprint density at radius 3 is 2.83 bits per heavy atom. The van der Waals surface area contributed by atoms with E-state index in [2.05, 4.69) is 21.3 Å². The summed E-state index contributed by atoms with van der Waals surface area (Å²) in [6.07, 6.45) is 0.804. The van der Waals surface area contributed by atoms with E-state index >= 15 is 0 Å². The third-order valence-electron chi connectivity index (χ3n) is 4.20. The number of fused-ring (bicyclic) bond motifs is 1. The fourth-order valence-electron chi connectivity index (χ4n) is 3.07. The molecule has 1 aliphatic heterocycles. The summed E-state index contributed by atoms with van der Waals surface area (Å²) in [5.41, 5.74) is 1.21. The number of nitrogens with one attached hydrogen (secondary N) is 1. The first kappa shape index (κ1) is 16.3. The maximum Gasteiger partial charge on any atom is 0.225 e. The largest absolute Gasteiger partial charge is 0.356 e. The zero-order valence-corrected chi connectivity index (χ0v) is 14.3. The lowest BCUT2D eigenvalue weighted by Gasteiger charge is -2.23. The topological polar surface area (TPSA) is 69.0 Å². The molecule has 1 aliphatic rings. The number of carbonyl (C=O) groups excluding carboxylic acids is 1. The number of nitriles is 1. The molecule has 1 atom stereocenters. The van der Waals surface area contributed by atoms with E-state index in [0.717, 1.165) is 29.7 Å². The number of pyridine rings is 1. The molecule has 0 spiro atoms. The minimum absolute atomic E-state index is 0.0389. The van der Waals surface area contributed by atoms with Gasteiger partial charge in [0.15, 0.2) is 0 Å². The third kappa shape index (κ3) is 3.33. The molecule has 1 aromatic carbocycles. The van der Waals surface area contributed by atoms with Crippen molar-refractivity contribution in [2.24, 2.45) is 5.92 Å². The van der Waals surface area contributed by atoms with Crippen LogP contribution in [-0.4, -0.2) is 29.5 Å². The van der Waals surface area contributed by atoms with Crippen LogP contribution in [0.1, 0.15) is 32.8 Å². The summed E-state index contributed by atoms with van der Waals surface area (Å²) in [6.45, 7) is 7.38. The second kappa shape index (κ2) is 6.12. The molecule has 3 rings (SSSR count). The van der Waals surface area contributed by atoms with Crippen molar-refractivity contribution in [2.45, 2.75) is 32.7 Å². The van der Waals surface area contributed by atoms with Crippen molar-refractivity contribution in [3.63, 3.8) is 0 Å². The molecule has 0 saturated carbocycles. The number of rotatable bonds is 2. The second-order valence-corrected chi connectivity index (χ2v) is 7.33. The van der Waals surface area contributed by atoms with E-state index in [1.807, 2.05) is 51.1 Å². The van der Waals surface area contributed by atoms with Crippen LogP contribution in [0.3, 0.4) is 0 Å². The predicted molar refractivity (Wildman–Crippen MR) is 94.7 cm³/mol. The summed E-state index contributed by atoms with van der Waals surface area (Å²) in [4.78, 5) is 19.1. The number of hydrogen-bond donors (Lipinski definition) is 1. The first-order chi connectivity index (χ1) is 11.4. The number of anilines is 1. The normalized spacial score (nSPS) is 17.8. The molecule has 124 valence electrons. The first-order valence-electron chi connectivity index (χ1n) is 8.24. The van der Waals surface area contributed by atoms with Crippen LogP contribution in [-0.2, 0) is 4.79 Å². The van der Waals surface area contributed by atoms with E-state index < -0.39 is 0 Å². The average molecular weight is 322 g/mol. The molecule has 5 nitrogen and oxygen atoms in total. The van der Waals surface area contributed by atoms with Gasteiger partial charge < -0.3 is 10.2 Å². The Bertz CT molecular complexity index is 816. The maximum atomic E-state index is 12.4. The average Bonchev–Trinajstić information content (AvgIpc) is 3.02. The lowest BCUT2D eigenvalue weighted by molar-refractivity contribution is -0.125. The standard InChI is InChI=1S/C19H22N4O/c1-19(2,3)22-18(24)13-8-9-23(12-13)17-10-14(11-20)15-6-4-5-7-16(15)21-17/h4-7,10,13H,8-9,12H2,1-3H3,(H,22,24). The van der Waals surface area contributed by atoms with E-state index in [-0.39, 0.29) is 17.4 Å². The molecule has 1 unspecified atom stereocenters. The molecule has 2 aromatic rings. The van der Waals surface area contributed by atoms with E-state index in [9.17, 15) is 10.1 Å². The number of benzene rings is 1. The van der Waals surface area contributed by atoms with E-state index in [4.69, 9.17) is 0 Å². The van der Waals surface area contributed by atoms with Gasteiger partial charge in [-0.25, -0.2) is 4.98 Å². The molecule has 1 saturated heterocycles. The van der Waals surface area contributed by atoms with Crippen LogP contribution in [0.4, 0.5) is 5.82 Å². The Hall–Kier alpha value is -2.61. The van der Waals surface area contributed by atoms with Crippen molar-refractivity contribution >= 4 is 22.6 Å². The number of hydrogen-bond acceptors (Lipinski definition) is 4. The van der Waals surface area contributed by atoms with Crippen LogP contribution in [0, 0.1) is 17.2 Å². The van der Waals surface area contributed by atoms with Gasteiger partial charge in [-0.15, -0.1) is 0 Å². The molecular formula is C19H22N4O. The molecule has 0 bridgehead atoms. The van der Waals surface area contributed by atoms with Crippen molar-refractivity contribution in [1.29, 1.82) is 5.26 Å². The van der Waals surface area contributed by atoms with E-state index in [0.29, 0.717) is 12.1 Å². The van der Waals surface area contributed by atoms with Crippen LogP contribution in [0.15, 0.2) is 30.3 Å². The van der Waals surface area contributed by atoms with Gasteiger partial charge in [0.1, 0.15) is 5.82 Å². The monoisotopic (exact) mass is 322 g/mol. The molecule has 1 N–H and O–H groups in total. The number of amides is 1. The molecule has 1 aromatic heterocycles. The predicted octanol–water partition coefficient (Wildman–Crippen LogP) is 2.85. The maximum absolute atomic E-state index is 12.4. The highest BCUT2D eigenvalue weighted by molar-refractivity contribution is 5.87. The minimum atomic E-state index is -0.223. The summed E-state index contributed by atoms with van der Waals surface area (Å²) in [5.74, 6) is 0.825. The van der Waals surface area contributed by atoms with Crippen LogP contribution in [0.2, 0.25) is 0 Å². The number of carbonyl (C=O) groups is 1. The summed E-state index contributed by atoms with van der Waals surface area (Å²) in [7, 11) is 0. The van der Waals surface area contributed by atoms with Gasteiger partial charge in [0, 0.05) is 24.0 Å². The van der Waals surface area contributed by atoms with Crippen molar-refractivity contribution in [1.82, 2.24) is 10.3 Å². The fourth-order valence-corrected chi connectivity index (χ4v) is 3.07. The molecule has 1 fully saturated rings. The molecule has 1 amide bonds. The van der Waals surface area contributed by atoms with Gasteiger partial charge in [-0.1, -0.05) is 18.2 Å². The van der Waals surface area contributed by atoms with E-state index in [1.165, 1.54) is 0 Å². The zero-order chi connectivity index (χ0) is 17.3. The van der Waals surface area contributed by atoms with E-state index in [1.54, 1.807) is 0 Å². The zero-order valence-electron chi connectivity index (χ0n) is 14.3. The van der Waals surface area contributed by atoms with Gasteiger partial charge >= 0.3 is 0 Å². The van der Waals surface area contributed by atoms with Crippen LogP contribution in [0.5, 0.6) is 0 Å². The highest BCUT2D eigenvalue weighted by atomic mass is 16.2. The van der Waals surface area contributed by atoms with Crippen molar-refractivity contribution in [3.8, 4) is 6.07 Å². The van der Waals surface area contributed by atoms with Gasteiger partial charge in [0.05, 0.1) is 23.1 Å². The molecular weight excluding hydrogens is 300 g/mol. The van der Waals surface area contributed by atoms with Gasteiger partial charge in [-0.3, -0.25) is 4.79 Å². The Balaban J connectivity index is 1.83. The number of para-hydroxylation sites is 1. The van der Waals surface area contributed by atoms with Crippen LogP contribution < -0.4 is 10.2 Å². The van der Waals surface area contributed by atoms with Gasteiger partial charge in [0.2, 0.25) is 5.91 Å². The van der Waals surface area contributed by atoms with Crippen molar-refractivity contribution < 1.29 is 4.79 Å². The SMILES string of the molecule is CC(C)(C)NC(=O)C1CCN(c2cc(C#N)c3ccccc3n2)C1. The Morgan fingerprint density at radius 1 is 1.38 bits per heavy atom. The van der Waals surface area contributed by atoms with Crippen LogP contribution in [0.25, 0.3) is 10.9 Å². The third-order valence-corrected chi connectivity index (χ3v) is 4.20. The Labute approximate surface area is 142 Å². The lowest BCUT2D eigenvalue weighted by atomic mass is 10.0. The Kier molecular flexibility index (Phi) is 4.15. The van der Waals surface area contributed by atoms with Gasteiger partial charge in [-0.05, 0) is 39.3 Å². The number of aromatic nitrogens is 1. The molecule has 0 aliphatic carbocycles. The van der Waals surface area contributed by atoms with Gasteiger partial charge in [-0.2, -0.15) is 5.26 Å². The highest BCUT2D eigenvalue weighted by Crippen LogP contribution is 2.27. The molecule has 0 radical (unpaired) electrons. The molecule has 24 heavy (non-hydrogen) atoms. The van der Waals surface area contributed by atoms with Gasteiger partial charge in [0.25, 0.3) is 0 Å². The minimum Gasteiger partial charge on any atom is -0.356 e.